The highest BCUT2D eigenvalue weighted by atomic mass is 16.5. The molecule has 82 valence electrons. The maximum atomic E-state index is 11.3. The molecule has 0 aromatic heterocycles. The van der Waals surface area contributed by atoms with Crippen LogP contribution in [0.4, 0.5) is 0 Å². The fourth-order valence-corrected chi connectivity index (χ4v) is 1.04. The van der Waals surface area contributed by atoms with Crippen molar-refractivity contribution in [2.75, 3.05) is 13.2 Å². The number of benzene rings is 1. The van der Waals surface area contributed by atoms with E-state index in [1.54, 1.807) is 24.3 Å². The minimum absolute atomic E-state index is 0.107. The number of aliphatic hydroxyl groups is 2. The normalized spacial score (nSPS) is 12.1. The fraction of sp³-hybridized carbons (Fsp3) is 0.364. The molecule has 0 bridgehead atoms. The number of aliphatic hydroxyl groups excluding tert-OH is 2. The Hall–Kier alpha value is -1.39. The Morgan fingerprint density at radius 3 is 2.60 bits per heavy atom. The van der Waals surface area contributed by atoms with Crippen molar-refractivity contribution in [1.29, 1.82) is 0 Å². The maximum absolute atomic E-state index is 11.3. The van der Waals surface area contributed by atoms with E-state index in [0.29, 0.717) is 5.56 Å². The van der Waals surface area contributed by atoms with Crippen LogP contribution in [-0.4, -0.2) is 35.5 Å². The third-order valence-electron chi connectivity index (χ3n) is 1.90. The van der Waals surface area contributed by atoms with E-state index in [2.05, 4.69) is 0 Å². The van der Waals surface area contributed by atoms with E-state index in [1.165, 1.54) is 0 Å². The fourth-order valence-electron chi connectivity index (χ4n) is 1.04. The van der Waals surface area contributed by atoms with E-state index in [-0.39, 0.29) is 19.6 Å². The van der Waals surface area contributed by atoms with Gasteiger partial charge in [0.1, 0.15) is 0 Å². The largest absolute Gasteiger partial charge is 0.462 e. The maximum Gasteiger partial charge on any atom is 0.338 e. The zero-order chi connectivity index (χ0) is 11.1. The van der Waals surface area contributed by atoms with Crippen LogP contribution in [-0.2, 0) is 4.74 Å². The van der Waals surface area contributed by atoms with Crippen LogP contribution in [0, 0.1) is 0 Å². The van der Waals surface area contributed by atoms with E-state index in [1.807, 2.05) is 6.07 Å². The number of carbonyl (C=O) groups excluding carboxylic acids is 1. The molecular weight excluding hydrogens is 196 g/mol. The molecule has 4 heteroatoms. The lowest BCUT2D eigenvalue weighted by Gasteiger charge is -2.07. The summed E-state index contributed by atoms with van der Waals surface area (Å²) in [7, 11) is 0. The average molecular weight is 210 g/mol. The van der Waals surface area contributed by atoms with Crippen molar-refractivity contribution >= 4 is 5.97 Å². The molecule has 1 aromatic rings. The molecule has 4 nitrogen and oxygen atoms in total. The van der Waals surface area contributed by atoms with Crippen molar-refractivity contribution in [2.45, 2.75) is 12.5 Å². The highest BCUT2D eigenvalue weighted by molar-refractivity contribution is 5.89. The lowest BCUT2D eigenvalue weighted by atomic mass is 10.2. The Morgan fingerprint density at radius 1 is 1.33 bits per heavy atom. The number of ether oxygens (including phenoxy) is 1. The molecule has 2 N–H and O–H groups in total. The predicted octanol–water partition coefficient (Wildman–Crippen LogP) is 0.587. The van der Waals surface area contributed by atoms with E-state index < -0.39 is 12.1 Å². The molecule has 0 aliphatic carbocycles. The summed E-state index contributed by atoms with van der Waals surface area (Å²) >= 11 is 0. The number of hydrogen-bond acceptors (Lipinski definition) is 4. The van der Waals surface area contributed by atoms with Gasteiger partial charge in [0.2, 0.25) is 0 Å². The molecule has 0 saturated heterocycles. The van der Waals surface area contributed by atoms with Crippen LogP contribution in [0.3, 0.4) is 0 Å². The van der Waals surface area contributed by atoms with Crippen LogP contribution >= 0.6 is 0 Å². The van der Waals surface area contributed by atoms with E-state index in [4.69, 9.17) is 14.9 Å². The van der Waals surface area contributed by atoms with Crippen molar-refractivity contribution in [1.82, 2.24) is 0 Å². The summed E-state index contributed by atoms with van der Waals surface area (Å²) in [4.78, 5) is 11.3. The summed E-state index contributed by atoms with van der Waals surface area (Å²) in [6, 6.07) is 8.63. The second kappa shape index (κ2) is 6.16. The van der Waals surface area contributed by atoms with Crippen molar-refractivity contribution in [3.63, 3.8) is 0 Å². The monoisotopic (exact) mass is 210 g/mol. The molecule has 1 atom stereocenters. The standard InChI is InChI=1S/C11H14O4/c12-8-10(13)6-7-15-11(14)9-4-2-1-3-5-9/h1-5,10,12-13H,6-8H2/t10-/m0/s1. The van der Waals surface area contributed by atoms with Crippen molar-refractivity contribution in [3.05, 3.63) is 35.9 Å². The molecule has 0 saturated carbocycles. The van der Waals surface area contributed by atoms with Crippen LogP contribution in [0.25, 0.3) is 0 Å². The zero-order valence-corrected chi connectivity index (χ0v) is 8.30. The number of esters is 1. The third-order valence-corrected chi connectivity index (χ3v) is 1.90. The Kier molecular flexibility index (Phi) is 4.80. The Labute approximate surface area is 88.1 Å². The number of rotatable bonds is 5. The van der Waals surface area contributed by atoms with Crippen LogP contribution in [0.5, 0.6) is 0 Å². The van der Waals surface area contributed by atoms with Crippen LogP contribution in [0.15, 0.2) is 30.3 Å². The molecule has 0 heterocycles. The van der Waals surface area contributed by atoms with Crippen LogP contribution in [0.2, 0.25) is 0 Å². The topological polar surface area (TPSA) is 66.8 Å². The molecule has 15 heavy (non-hydrogen) atoms. The van der Waals surface area contributed by atoms with Gasteiger partial charge in [-0.3, -0.25) is 0 Å². The van der Waals surface area contributed by atoms with Gasteiger partial charge in [0.25, 0.3) is 0 Å². The van der Waals surface area contributed by atoms with E-state index in [0.717, 1.165) is 0 Å². The molecule has 1 rings (SSSR count). The Morgan fingerprint density at radius 2 is 2.00 bits per heavy atom. The first kappa shape index (κ1) is 11.7. The molecule has 0 radical (unpaired) electrons. The first-order valence-electron chi connectivity index (χ1n) is 4.75. The molecule has 0 aliphatic heterocycles. The minimum Gasteiger partial charge on any atom is -0.462 e. The summed E-state index contributed by atoms with van der Waals surface area (Å²) in [6.07, 6.45) is -0.580. The molecule has 0 spiro atoms. The Bertz CT molecular complexity index is 297. The van der Waals surface area contributed by atoms with Gasteiger partial charge in [0.05, 0.1) is 24.9 Å². The summed E-state index contributed by atoms with van der Waals surface area (Å²) < 4.78 is 4.89. The lowest BCUT2D eigenvalue weighted by molar-refractivity contribution is 0.0347. The van der Waals surface area contributed by atoms with E-state index in [9.17, 15) is 4.79 Å². The highest BCUT2D eigenvalue weighted by Crippen LogP contribution is 2.02. The smallest absolute Gasteiger partial charge is 0.338 e. The first-order valence-corrected chi connectivity index (χ1v) is 4.75. The quantitative estimate of drug-likeness (QED) is 0.698. The van der Waals surface area contributed by atoms with Gasteiger partial charge in [0, 0.05) is 6.42 Å². The third kappa shape index (κ3) is 4.10. The summed E-state index contributed by atoms with van der Waals surface area (Å²) in [5.41, 5.74) is 0.482. The van der Waals surface area contributed by atoms with Gasteiger partial charge < -0.3 is 14.9 Å². The Balaban J connectivity index is 2.31. The second-order valence-electron chi connectivity index (χ2n) is 3.13. The molecule has 0 fully saturated rings. The van der Waals surface area contributed by atoms with Gasteiger partial charge in [-0.1, -0.05) is 18.2 Å². The van der Waals surface area contributed by atoms with Crippen molar-refractivity contribution < 1.29 is 19.7 Å². The summed E-state index contributed by atoms with van der Waals surface area (Å²) in [5, 5.41) is 17.5. The van der Waals surface area contributed by atoms with Gasteiger partial charge in [-0.05, 0) is 12.1 Å². The van der Waals surface area contributed by atoms with Gasteiger partial charge in [0.15, 0.2) is 0 Å². The average Bonchev–Trinajstić information content (AvgIpc) is 2.29. The van der Waals surface area contributed by atoms with Crippen LogP contribution < -0.4 is 0 Å². The molecular formula is C11H14O4. The zero-order valence-electron chi connectivity index (χ0n) is 8.30. The molecule has 0 amide bonds. The van der Waals surface area contributed by atoms with Crippen molar-refractivity contribution in [2.24, 2.45) is 0 Å². The van der Waals surface area contributed by atoms with Gasteiger partial charge in [-0.2, -0.15) is 0 Å². The molecule has 0 aliphatic rings. The predicted molar refractivity (Wildman–Crippen MR) is 54.4 cm³/mol. The molecule has 0 unspecified atom stereocenters. The van der Waals surface area contributed by atoms with Crippen LogP contribution in [0.1, 0.15) is 16.8 Å². The number of hydrogen-bond donors (Lipinski definition) is 2. The number of carbonyl (C=O) groups is 1. The second-order valence-corrected chi connectivity index (χ2v) is 3.13. The van der Waals surface area contributed by atoms with Gasteiger partial charge in [-0.25, -0.2) is 4.79 Å². The van der Waals surface area contributed by atoms with Crippen molar-refractivity contribution in [3.8, 4) is 0 Å². The minimum atomic E-state index is -0.825. The lowest BCUT2D eigenvalue weighted by Crippen LogP contribution is -2.16. The summed E-state index contributed by atoms with van der Waals surface area (Å²) in [6.45, 7) is -0.210. The van der Waals surface area contributed by atoms with Gasteiger partial charge in [-0.15, -0.1) is 0 Å². The van der Waals surface area contributed by atoms with E-state index >= 15 is 0 Å². The van der Waals surface area contributed by atoms with Gasteiger partial charge >= 0.3 is 5.97 Å². The summed E-state index contributed by atoms with van der Waals surface area (Å²) in [5.74, 6) is -0.416. The SMILES string of the molecule is O=C(OCC[C@H](O)CO)c1ccccc1. The molecule has 1 aromatic carbocycles. The highest BCUT2D eigenvalue weighted by Gasteiger charge is 2.07. The first-order chi connectivity index (χ1) is 7.24.